The van der Waals surface area contributed by atoms with E-state index in [1.54, 1.807) is 26.4 Å². The Balaban J connectivity index is 2.60. The Bertz CT molecular complexity index is 458. The zero-order valence-corrected chi connectivity index (χ0v) is 12.9. The molecule has 0 aromatic heterocycles. The molecule has 1 aromatic carbocycles. The number of amides is 1. The maximum atomic E-state index is 11.8. The molecule has 0 bridgehead atoms. The third kappa shape index (κ3) is 4.64. The van der Waals surface area contributed by atoms with Gasteiger partial charge in [-0.15, -0.1) is 0 Å². The molecule has 0 heterocycles. The standard InChI is InChI=1S/C15H24N2O3/c1-6-15(2,3)17-14(18)10-16-11-7-8-12(19-4)13(9-11)20-5/h7-9,16H,6,10H2,1-5H3,(H,17,18). The van der Waals surface area contributed by atoms with E-state index in [-0.39, 0.29) is 18.0 Å². The minimum absolute atomic E-state index is 0.0355. The van der Waals surface area contributed by atoms with Gasteiger partial charge in [0.05, 0.1) is 20.8 Å². The highest BCUT2D eigenvalue weighted by atomic mass is 16.5. The molecular formula is C15H24N2O3. The van der Waals surface area contributed by atoms with Gasteiger partial charge < -0.3 is 20.1 Å². The number of carbonyl (C=O) groups is 1. The summed E-state index contributed by atoms with van der Waals surface area (Å²) in [7, 11) is 3.17. The lowest BCUT2D eigenvalue weighted by Gasteiger charge is -2.24. The van der Waals surface area contributed by atoms with E-state index < -0.39 is 0 Å². The van der Waals surface area contributed by atoms with Crippen molar-refractivity contribution in [1.29, 1.82) is 0 Å². The van der Waals surface area contributed by atoms with E-state index in [0.717, 1.165) is 12.1 Å². The van der Waals surface area contributed by atoms with Crippen LogP contribution in [0.2, 0.25) is 0 Å². The van der Waals surface area contributed by atoms with Crippen LogP contribution >= 0.6 is 0 Å². The normalized spacial score (nSPS) is 10.8. The van der Waals surface area contributed by atoms with E-state index in [1.165, 1.54) is 0 Å². The SMILES string of the molecule is CCC(C)(C)NC(=O)CNc1ccc(OC)c(OC)c1. The molecule has 0 radical (unpaired) electrons. The molecule has 0 aliphatic rings. The average molecular weight is 280 g/mol. The molecule has 2 N–H and O–H groups in total. The molecule has 5 heteroatoms. The molecular weight excluding hydrogens is 256 g/mol. The van der Waals surface area contributed by atoms with Gasteiger partial charge in [0, 0.05) is 17.3 Å². The maximum absolute atomic E-state index is 11.8. The molecule has 0 spiro atoms. The second-order valence-corrected chi connectivity index (χ2v) is 5.21. The minimum Gasteiger partial charge on any atom is -0.493 e. The molecule has 0 aliphatic heterocycles. The van der Waals surface area contributed by atoms with Crippen molar-refractivity contribution in [3.8, 4) is 11.5 Å². The van der Waals surface area contributed by atoms with Crippen LogP contribution in [0.25, 0.3) is 0 Å². The zero-order chi connectivity index (χ0) is 15.2. The Morgan fingerprint density at radius 3 is 2.40 bits per heavy atom. The van der Waals surface area contributed by atoms with E-state index in [1.807, 2.05) is 26.8 Å². The highest BCUT2D eigenvalue weighted by Gasteiger charge is 2.17. The highest BCUT2D eigenvalue weighted by Crippen LogP contribution is 2.29. The lowest BCUT2D eigenvalue weighted by atomic mass is 10.0. The monoisotopic (exact) mass is 280 g/mol. The van der Waals surface area contributed by atoms with Gasteiger partial charge in [-0.2, -0.15) is 0 Å². The number of carbonyl (C=O) groups excluding carboxylic acids is 1. The maximum Gasteiger partial charge on any atom is 0.239 e. The lowest BCUT2D eigenvalue weighted by molar-refractivity contribution is -0.121. The van der Waals surface area contributed by atoms with Crippen molar-refractivity contribution < 1.29 is 14.3 Å². The van der Waals surface area contributed by atoms with E-state index in [2.05, 4.69) is 10.6 Å². The first-order valence-electron chi connectivity index (χ1n) is 6.68. The number of hydrogen-bond acceptors (Lipinski definition) is 4. The second kappa shape index (κ2) is 7.03. The van der Waals surface area contributed by atoms with Crippen LogP contribution in [0.4, 0.5) is 5.69 Å². The van der Waals surface area contributed by atoms with Gasteiger partial charge in [0.1, 0.15) is 0 Å². The molecule has 0 atom stereocenters. The number of rotatable bonds is 7. The van der Waals surface area contributed by atoms with Gasteiger partial charge in [-0.05, 0) is 32.4 Å². The average Bonchev–Trinajstić information content (AvgIpc) is 2.44. The highest BCUT2D eigenvalue weighted by molar-refractivity contribution is 5.81. The van der Waals surface area contributed by atoms with E-state index in [0.29, 0.717) is 11.5 Å². The van der Waals surface area contributed by atoms with E-state index >= 15 is 0 Å². The van der Waals surface area contributed by atoms with Crippen LogP contribution in [0.5, 0.6) is 11.5 Å². The number of nitrogens with one attached hydrogen (secondary N) is 2. The van der Waals surface area contributed by atoms with Gasteiger partial charge in [0.2, 0.25) is 5.91 Å². The topological polar surface area (TPSA) is 59.6 Å². The molecule has 1 aromatic rings. The fourth-order valence-electron chi connectivity index (χ4n) is 1.64. The van der Waals surface area contributed by atoms with Crippen molar-refractivity contribution in [2.24, 2.45) is 0 Å². The summed E-state index contributed by atoms with van der Waals surface area (Å²) in [5.41, 5.74) is 0.628. The first-order valence-corrected chi connectivity index (χ1v) is 6.68. The number of hydrogen-bond donors (Lipinski definition) is 2. The van der Waals surface area contributed by atoms with Crippen molar-refractivity contribution in [3.05, 3.63) is 18.2 Å². The summed E-state index contributed by atoms with van der Waals surface area (Å²) in [6.45, 7) is 6.27. The number of benzene rings is 1. The van der Waals surface area contributed by atoms with Crippen LogP contribution in [0.3, 0.4) is 0 Å². The fraction of sp³-hybridized carbons (Fsp3) is 0.533. The van der Waals surface area contributed by atoms with Crippen LogP contribution in [-0.4, -0.2) is 32.2 Å². The van der Waals surface area contributed by atoms with Gasteiger partial charge in [0.25, 0.3) is 0 Å². The van der Waals surface area contributed by atoms with Gasteiger partial charge >= 0.3 is 0 Å². The van der Waals surface area contributed by atoms with Crippen molar-refractivity contribution >= 4 is 11.6 Å². The van der Waals surface area contributed by atoms with Gasteiger partial charge in [-0.3, -0.25) is 4.79 Å². The number of anilines is 1. The van der Waals surface area contributed by atoms with Crippen LogP contribution in [-0.2, 0) is 4.79 Å². The summed E-state index contributed by atoms with van der Waals surface area (Å²) in [6.07, 6.45) is 0.884. The zero-order valence-electron chi connectivity index (χ0n) is 12.9. The van der Waals surface area contributed by atoms with Gasteiger partial charge in [-0.25, -0.2) is 0 Å². The molecule has 20 heavy (non-hydrogen) atoms. The lowest BCUT2D eigenvalue weighted by Crippen LogP contribution is -2.45. The first-order chi connectivity index (χ1) is 9.41. The summed E-state index contributed by atoms with van der Waals surface area (Å²) < 4.78 is 10.4. The third-order valence-electron chi connectivity index (χ3n) is 3.20. The largest absolute Gasteiger partial charge is 0.493 e. The van der Waals surface area contributed by atoms with Crippen LogP contribution in [0.1, 0.15) is 27.2 Å². The smallest absolute Gasteiger partial charge is 0.239 e. The summed E-state index contributed by atoms with van der Waals surface area (Å²) in [6, 6.07) is 5.45. The quantitative estimate of drug-likeness (QED) is 0.805. The Labute approximate surface area is 120 Å². The summed E-state index contributed by atoms with van der Waals surface area (Å²) >= 11 is 0. The number of methoxy groups -OCH3 is 2. The molecule has 0 unspecified atom stereocenters. The molecule has 5 nitrogen and oxygen atoms in total. The molecule has 1 rings (SSSR count). The van der Waals surface area contributed by atoms with Crippen LogP contribution in [0.15, 0.2) is 18.2 Å². The Kier molecular flexibility index (Phi) is 5.67. The Hall–Kier alpha value is -1.91. The molecule has 0 saturated carbocycles. The van der Waals surface area contributed by atoms with Crippen molar-refractivity contribution in [2.75, 3.05) is 26.1 Å². The first kappa shape index (κ1) is 16.1. The van der Waals surface area contributed by atoms with Gasteiger partial charge in [-0.1, -0.05) is 6.92 Å². The van der Waals surface area contributed by atoms with E-state index in [9.17, 15) is 4.79 Å². The fourth-order valence-corrected chi connectivity index (χ4v) is 1.64. The third-order valence-corrected chi connectivity index (χ3v) is 3.20. The predicted molar refractivity (Wildman–Crippen MR) is 80.5 cm³/mol. The molecule has 112 valence electrons. The van der Waals surface area contributed by atoms with Crippen molar-refractivity contribution in [2.45, 2.75) is 32.7 Å². The molecule has 0 saturated heterocycles. The van der Waals surface area contributed by atoms with Crippen molar-refractivity contribution in [1.82, 2.24) is 5.32 Å². The van der Waals surface area contributed by atoms with Crippen LogP contribution in [0, 0.1) is 0 Å². The van der Waals surface area contributed by atoms with Crippen LogP contribution < -0.4 is 20.1 Å². The summed E-state index contributed by atoms with van der Waals surface area (Å²) in [5.74, 6) is 1.26. The Morgan fingerprint density at radius 1 is 1.20 bits per heavy atom. The molecule has 0 fully saturated rings. The van der Waals surface area contributed by atoms with Crippen molar-refractivity contribution in [3.63, 3.8) is 0 Å². The van der Waals surface area contributed by atoms with E-state index in [4.69, 9.17) is 9.47 Å². The summed E-state index contributed by atoms with van der Waals surface area (Å²) in [4.78, 5) is 11.8. The minimum atomic E-state index is -0.184. The molecule has 1 amide bonds. The Morgan fingerprint density at radius 2 is 1.85 bits per heavy atom. The van der Waals surface area contributed by atoms with Gasteiger partial charge in [0.15, 0.2) is 11.5 Å². The second-order valence-electron chi connectivity index (χ2n) is 5.21. The molecule has 0 aliphatic carbocycles. The predicted octanol–water partition coefficient (Wildman–Crippen LogP) is 2.42. The summed E-state index contributed by atoms with van der Waals surface area (Å²) in [5, 5.41) is 6.04. The number of ether oxygens (including phenoxy) is 2.